The van der Waals surface area contributed by atoms with Crippen LogP contribution in [0.5, 0.6) is 0 Å². The molecule has 2 atom stereocenters. The van der Waals surface area contributed by atoms with Gasteiger partial charge in [-0.1, -0.05) is 135 Å². The highest BCUT2D eigenvalue weighted by Gasteiger charge is 2.44. The van der Waals surface area contributed by atoms with Crippen molar-refractivity contribution >= 4 is 54.6 Å². The number of benzene rings is 6. The van der Waals surface area contributed by atoms with Gasteiger partial charge in [0.2, 0.25) is 0 Å². The van der Waals surface area contributed by atoms with Gasteiger partial charge in [-0.25, -0.2) is 0 Å². The maximum atomic E-state index is 2.45. The van der Waals surface area contributed by atoms with E-state index in [0.717, 1.165) is 18.5 Å². The van der Waals surface area contributed by atoms with Crippen LogP contribution < -0.4 is 4.90 Å². The Labute approximate surface area is 304 Å². The van der Waals surface area contributed by atoms with E-state index in [0.29, 0.717) is 11.8 Å². The van der Waals surface area contributed by atoms with Crippen LogP contribution in [-0.2, 0) is 11.8 Å². The summed E-state index contributed by atoms with van der Waals surface area (Å²) in [7, 11) is 0. The second-order valence-corrected chi connectivity index (χ2v) is 15.9. The number of allylic oxidation sites excluding steroid dienone is 5. The molecule has 1 heterocycles. The first-order chi connectivity index (χ1) is 25.1. The van der Waals surface area contributed by atoms with E-state index in [2.05, 4.69) is 183 Å². The topological polar surface area (TPSA) is 3.24 Å². The highest BCUT2D eigenvalue weighted by Crippen LogP contribution is 2.54. The van der Waals surface area contributed by atoms with Gasteiger partial charge in [-0.15, -0.1) is 11.3 Å². The summed E-state index contributed by atoms with van der Waals surface area (Å²) in [6.07, 6.45) is 16.1. The number of nitrogens with zero attached hydrogens (tertiary/aromatic N) is 1. The molecule has 0 spiro atoms. The standard InChI is InChI=1S/C49H39NS/c1-49(2)45-21-10-8-17-40(45)41-28-27-35(31-46(41)49)50(33-13-4-3-5-14-33)34-25-23-32(24-26-34)36-29-30-39(38-16-7-6-15-37(36)38)43-19-12-20-44-42-18-9-11-22-47(42)51-48(43)44/h3-6,8-15,17-31,40,45H,7,16H2,1-2H3. The van der Waals surface area contributed by atoms with Crippen LogP contribution in [0.1, 0.15) is 48.4 Å². The summed E-state index contributed by atoms with van der Waals surface area (Å²) < 4.78 is 2.74. The maximum absolute atomic E-state index is 2.45. The summed E-state index contributed by atoms with van der Waals surface area (Å²) in [4.78, 5) is 2.41. The molecule has 51 heavy (non-hydrogen) atoms. The molecule has 1 nitrogen and oxygen atoms in total. The molecule has 7 aromatic rings. The zero-order valence-electron chi connectivity index (χ0n) is 29.0. The minimum absolute atomic E-state index is 0.0603. The van der Waals surface area contributed by atoms with E-state index in [4.69, 9.17) is 0 Å². The summed E-state index contributed by atoms with van der Waals surface area (Å²) in [5.41, 5.74) is 14.6. The lowest BCUT2D eigenvalue weighted by Crippen LogP contribution is -2.24. The summed E-state index contributed by atoms with van der Waals surface area (Å²) >= 11 is 1.92. The fourth-order valence-corrected chi connectivity index (χ4v) is 10.4. The summed E-state index contributed by atoms with van der Waals surface area (Å²) in [5.74, 6) is 0.934. The molecule has 0 N–H and O–H groups in total. The molecule has 3 aliphatic carbocycles. The van der Waals surface area contributed by atoms with Crippen LogP contribution in [0.3, 0.4) is 0 Å². The zero-order valence-corrected chi connectivity index (χ0v) is 29.8. The number of thiophene rings is 1. The molecule has 0 saturated heterocycles. The largest absolute Gasteiger partial charge is 0.310 e. The molecule has 6 aromatic carbocycles. The summed E-state index contributed by atoms with van der Waals surface area (Å²) in [6, 6.07) is 47.6. The average Bonchev–Trinajstić information content (AvgIpc) is 3.67. The molecule has 246 valence electrons. The van der Waals surface area contributed by atoms with Crippen molar-refractivity contribution in [3.8, 4) is 22.3 Å². The molecule has 2 heteroatoms. The van der Waals surface area contributed by atoms with E-state index >= 15 is 0 Å². The maximum Gasteiger partial charge on any atom is 0.0464 e. The van der Waals surface area contributed by atoms with Gasteiger partial charge in [-0.05, 0) is 111 Å². The predicted octanol–water partition coefficient (Wildman–Crippen LogP) is 13.9. The normalized spacial score (nSPS) is 18.2. The Morgan fingerprint density at radius 3 is 2.27 bits per heavy atom. The average molecular weight is 674 g/mol. The van der Waals surface area contributed by atoms with Crippen LogP contribution in [0, 0.1) is 5.92 Å². The summed E-state index contributed by atoms with van der Waals surface area (Å²) in [6.45, 7) is 4.82. The Kier molecular flexibility index (Phi) is 7.05. The SMILES string of the molecule is CC1(C)c2cc(N(c3ccccc3)c3ccc(-c4ccc(-c5cccc6c5sc5ccccc56)c5c4C=CCC5)cc3)ccc2C2C=CC=CC21. The van der Waals surface area contributed by atoms with Crippen molar-refractivity contribution in [2.75, 3.05) is 4.90 Å². The molecule has 0 aliphatic heterocycles. The van der Waals surface area contributed by atoms with Crippen molar-refractivity contribution in [3.05, 3.63) is 180 Å². The molecule has 3 aliphatic rings. The first-order valence-corrected chi connectivity index (χ1v) is 19.1. The highest BCUT2D eigenvalue weighted by molar-refractivity contribution is 7.26. The molecule has 0 fully saturated rings. The first-order valence-electron chi connectivity index (χ1n) is 18.2. The van der Waals surface area contributed by atoms with Gasteiger partial charge in [-0.3, -0.25) is 0 Å². The van der Waals surface area contributed by atoms with Gasteiger partial charge in [0, 0.05) is 43.2 Å². The van der Waals surface area contributed by atoms with Gasteiger partial charge in [0.1, 0.15) is 0 Å². The van der Waals surface area contributed by atoms with Crippen molar-refractivity contribution in [3.63, 3.8) is 0 Å². The van der Waals surface area contributed by atoms with E-state index in [1.165, 1.54) is 76.1 Å². The van der Waals surface area contributed by atoms with E-state index < -0.39 is 0 Å². The van der Waals surface area contributed by atoms with E-state index in [1.54, 1.807) is 0 Å². The molecule has 0 amide bonds. The minimum atomic E-state index is 0.0603. The van der Waals surface area contributed by atoms with Gasteiger partial charge < -0.3 is 4.90 Å². The van der Waals surface area contributed by atoms with Crippen LogP contribution in [-0.4, -0.2) is 0 Å². The number of hydrogen-bond donors (Lipinski definition) is 0. The van der Waals surface area contributed by atoms with Crippen molar-refractivity contribution < 1.29 is 0 Å². The lowest BCUT2D eigenvalue weighted by molar-refractivity contribution is 0.394. The van der Waals surface area contributed by atoms with Gasteiger partial charge >= 0.3 is 0 Å². The van der Waals surface area contributed by atoms with Gasteiger partial charge in [0.25, 0.3) is 0 Å². The molecular formula is C49H39NS. The molecule has 0 saturated carbocycles. The first kappa shape index (κ1) is 30.4. The van der Waals surface area contributed by atoms with Crippen LogP contribution in [0.4, 0.5) is 17.1 Å². The number of fused-ring (bicyclic) bond motifs is 7. The van der Waals surface area contributed by atoms with E-state index in [1.807, 2.05) is 11.3 Å². The van der Waals surface area contributed by atoms with Crippen molar-refractivity contribution in [1.29, 1.82) is 0 Å². The van der Waals surface area contributed by atoms with Gasteiger partial charge in [-0.2, -0.15) is 0 Å². The Morgan fingerprint density at radius 1 is 0.647 bits per heavy atom. The van der Waals surface area contributed by atoms with Crippen molar-refractivity contribution in [2.45, 2.75) is 38.0 Å². The second kappa shape index (κ2) is 11.8. The molecule has 1 aromatic heterocycles. The smallest absolute Gasteiger partial charge is 0.0464 e. The van der Waals surface area contributed by atoms with Crippen LogP contribution in [0.25, 0.3) is 48.5 Å². The fourth-order valence-electron chi connectivity index (χ4n) is 9.14. The van der Waals surface area contributed by atoms with Gasteiger partial charge in [0.05, 0.1) is 0 Å². The Hall–Kier alpha value is -5.44. The molecule has 2 unspecified atom stereocenters. The van der Waals surface area contributed by atoms with Crippen molar-refractivity contribution in [2.24, 2.45) is 5.92 Å². The molecule has 0 radical (unpaired) electrons. The summed E-state index contributed by atoms with van der Waals surface area (Å²) in [5, 5.41) is 2.71. The Morgan fingerprint density at radius 2 is 1.39 bits per heavy atom. The number of hydrogen-bond acceptors (Lipinski definition) is 2. The highest BCUT2D eigenvalue weighted by atomic mass is 32.1. The third-order valence-corrected chi connectivity index (χ3v) is 12.9. The van der Waals surface area contributed by atoms with Crippen LogP contribution in [0.2, 0.25) is 0 Å². The third-order valence-electron chi connectivity index (χ3n) is 11.7. The van der Waals surface area contributed by atoms with Crippen LogP contribution >= 0.6 is 11.3 Å². The number of para-hydroxylation sites is 1. The Bertz CT molecular complexity index is 2560. The molecule has 0 bridgehead atoms. The lowest BCUT2D eigenvalue weighted by Gasteiger charge is -2.30. The van der Waals surface area contributed by atoms with Gasteiger partial charge in [0.15, 0.2) is 0 Å². The predicted molar refractivity (Wildman–Crippen MR) is 220 cm³/mol. The lowest BCUT2D eigenvalue weighted by atomic mass is 9.74. The Balaban J connectivity index is 1.05. The van der Waals surface area contributed by atoms with E-state index in [-0.39, 0.29) is 5.41 Å². The minimum Gasteiger partial charge on any atom is -0.310 e. The van der Waals surface area contributed by atoms with E-state index in [9.17, 15) is 0 Å². The quantitative estimate of drug-likeness (QED) is 0.176. The monoisotopic (exact) mass is 673 g/mol. The second-order valence-electron chi connectivity index (χ2n) is 14.8. The van der Waals surface area contributed by atoms with Crippen molar-refractivity contribution in [1.82, 2.24) is 0 Å². The molecule has 10 rings (SSSR count). The third kappa shape index (κ3) is 4.81. The number of anilines is 3. The fraction of sp³-hybridized carbons (Fsp3) is 0.143. The molecular weight excluding hydrogens is 635 g/mol. The van der Waals surface area contributed by atoms with Crippen LogP contribution in [0.15, 0.2) is 158 Å². The number of rotatable bonds is 5. The zero-order chi connectivity index (χ0) is 34.1.